The largest absolute Gasteiger partial charge is 0.493 e. The van der Waals surface area contributed by atoms with Gasteiger partial charge in [-0.3, -0.25) is 10.2 Å². The van der Waals surface area contributed by atoms with Gasteiger partial charge in [-0.25, -0.2) is 0 Å². The van der Waals surface area contributed by atoms with Crippen LogP contribution in [0.3, 0.4) is 0 Å². The lowest BCUT2D eigenvalue weighted by Gasteiger charge is -2.20. The van der Waals surface area contributed by atoms with Gasteiger partial charge >= 0.3 is 0 Å². The quantitative estimate of drug-likeness (QED) is 0.306. The van der Waals surface area contributed by atoms with E-state index in [0.29, 0.717) is 17.5 Å². The van der Waals surface area contributed by atoms with Crippen LogP contribution in [0.4, 0.5) is 0 Å². The Morgan fingerprint density at radius 2 is 2.03 bits per heavy atom. The zero-order chi connectivity index (χ0) is 22.7. The number of nitrogens with one attached hydrogen (secondary N) is 1. The van der Waals surface area contributed by atoms with Gasteiger partial charge in [0, 0.05) is 21.6 Å². The van der Waals surface area contributed by atoms with Gasteiger partial charge in [-0.1, -0.05) is 37.6 Å². The maximum absolute atomic E-state index is 12.5. The molecule has 0 spiro atoms. The van der Waals surface area contributed by atoms with Crippen LogP contribution in [0.2, 0.25) is 5.02 Å². The first kappa shape index (κ1) is 22.6. The van der Waals surface area contributed by atoms with Crippen LogP contribution in [0, 0.1) is 11.3 Å². The van der Waals surface area contributed by atoms with Crippen molar-refractivity contribution in [2.24, 2.45) is 16.0 Å². The molecule has 2 aromatic carbocycles. The molecule has 0 bridgehead atoms. The van der Waals surface area contributed by atoms with Crippen LogP contribution < -0.4 is 4.74 Å². The first-order valence-corrected chi connectivity index (χ1v) is 12.2. The fourth-order valence-corrected chi connectivity index (χ4v) is 4.70. The van der Waals surface area contributed by atoms with E-state index < -0.39 is 5.91 Å². The van der Waals surface area contributed by atoms with Crippen molar-refractivity contribution in [1.82, 2.24) is 5.01 Å². The van der Waals surface area contributed by atoms with Gasteiger partial charge < -0.3 is 4.74 Å². The van der Waals surface area contributed by atoms with Gasteiger partial charge in [0.05, 0.1) is 12.2 Å². The topological polar surface area (TPSA) is 78.1 Å². The van der Waals surface area contributed by atoms with Gasteiger partial charge in [0.2, 0.25) is 5.17 Å². The number of hydrazone groups is 1. The Kier molecular flexibility index (Phi) is 7.03. The van der Waals surface area contributed by atoms with Crippen LogP contribution in [0.15, 0.2) is 69.1 Å². The number of amidine groups is 2. The van der Waals surface area contributed by atoms with Gasteiger partial charge in [-0.15, -0.1) is 11.8 Å². The minimum atomic E-state index is -0.431. The van der Waals surface area contributed by atoms with Crippen LogP contribution in [-0.2, 0) is 4.79 Å². The third-order valence-corrected chi connectivity index (χ3v) is 7.00. The average Bonchev–Trinajstić information content (AvgIpc) is 3.20. The number of ether oxygens (including phenoxy) is 1. The van der Waals surface area contributed by atoms with Crippen molar-refractivity contribution in [2.45, 2.75) is 18.7 Å². The number of aliphatic imine (C=N–C) groups is 1. The Morgan fingerprint density at radius 3 is 2.78 bits per heavy atom. The molecule has 164 valence electrons. The average molecular weight is 485 g/mol. The summed E-state index contributed by atoms with van der Waals surface area (Å²) >= 11 is 8.94. The van der Waals surface area contributed by atoms with Crippen LogP contribution in [0.5, 0.6) is 5.75 Å². The van der Waals surface area contributed by atoms with Crippen LogP contribution in [0.25, 0.3) is 6.08 Å². The summed E-state index contributed by atoms with van der Waals surface area (Å²) in [4.78, 5) is 17.8. The molecule has 0 atom stereocenters. The molecule has 0 saturated heterocycles. The summed E-state index contributed by atoms with van der Waals surface area (Å²) in [7, 11) is 0. The lowest BCUT2D eigenvalue weighted by molar-refractivity contribution is -0.114. The number of rotatable bonds is 7. The van der Waals surface area contributed by atoms with E-state index in [0.717, 1.165) is 26.3 Å². The van der Waals surface area contributed by atoms with Crippen molar-refractivity contribution in [1.29, 1.82) is 5.41 Å². The number of halogens is 1. The summed E-state index contributed by atoms with van der Waals surface area (Å²) in [5.41, 5.74) is 0.970. The number of nitrogens with zero attached hydrogens (tertiary/aromatic N) is 3. The molecule has 2 heterocycles. The Balaban J connectivity index is 1.41. The lowest BCUT2D eigenvalue weighted by Crippen LogP contribution is -2.35. The predicted octanol–water partition coefficient (Wildman–Crippen LogP) is 5.79. The fourth-order valence-electron chi connectivity index (χ4n) is 2.95. The third-order valence-electron chi connectivity index (χ3n) is 4.57. The van der Waals surface area contributed by atoms with Crippen LogP contribution in [-0.4, -0.2) is 39.3 Å². The van der Waals surface area contributed by atoms with E-state index >= 15 is 0 Å². The zero-order valence-corrected chi connectivity index (χ0v) is 19.9. The Bertz CT molecular complexity index is 1140. The van der Waals surface area contributed by atoms with Gasteiger partial charge in [0.15, 0.2) is 5.84 Å². The minimum absolute atomic E-state index is 0.0360. The lowest BCUT2D eigenvalue weighted by atomic mass is 10.1. The molecular weight excluding hydrogens is 464 g/mol. The molecule has 2 aliphatic rings. The summed E-state index contributed by atoms with van der Waals surface area (Å²) in [6.45, 7) is 4.58. The number of carbonyl (C=O) groups is 1. The number of hydrogen-bond acceptors (Lipinski definition) is 6. The molecule has 2 aromatic rings. The molecule has 1 amide bonds. The van der Waals surface area contributed by atoms with Crippen molar-refractivity contribution in [2.75, 3.05) is 12.4 Å². The molecule has 0 saturated carbocycles. The SMILES string of the molecule is CC(C)C1=NN2C(=N)/C(=C/c3cccc(OCCSc4ccc(Cl)cc4)c3)C(=O)N=C2S1. The van der Waals surface area contributed by atoms with Gasteiger partial charge in [-0.2, -0.15) is 15.1 Å². The normalized spacial score (nSPS) is 17.0. The number of thioether (sulfide) groups is 2. The number of hydrogen-bond donors (Lipinski definition) is 1. The van der Waals surface area contributed by atoms with E-state index in [4.69, 9.17) is 21.7 Å². The summed E-state index contributed by atoms with van der Waals surface area (Å²) < 4.78 is 5.87. The fraction of sp³-hybridized carbons (Fsp3) is 0.217. The molecule has 0 aliphatic carbocycles. The summed E-state index contributed by atoms with van der Waals surface area (Å²) in [5.74, 6) is 1.30. The molecule has 32 heavy (non-hydrogen) atoms. The smallest absolute Gasteiger partial charge is 0.283 e. The highest BCUT2D eigenvalue weighted by Crippen LogP contribution is 2.31. The predicted molar refractivity (Wildman–Crippen MR) is 134 cm³/mol. The molecule has 2 aliphatic heterocycles. The van der Waals surface area contributed by atoms with Crippen molar-refractivity contribution < 1.29 is 9.53 Å². The van der Waals surface area contributed by atoms with Gasteiger partial charge in [-0.05, 0) is 59.8 Å². The molecule has 4 rings (SSSR count). The first-order chi connectivity index (χ1) is 15.4. The number of carbonyl (C=O) groups excluding carboxylic acids is 1. The van der Waals surface area contributed by atoms with E-state index in [9.17, 15) is 4.79 Å². The van der Waals surface area contributed by atoms with Crippen molar-refractivity contribution in [3.63, 3.8) is 0 Å². The Hall–Kier alpha value is -2.55. The number of amides is 1. The van der Waals surface area contributed by atoms with Crippen LogP contribution >= 0.6 is 35.1 Å². The second-order valence-electron chi connectivity index (χ2n) is 7.34. The van der Waals surface area contributed by atoms with Crippen LogP contribution in [0.1, 0.15) is 19.4 Å². The summed E-state index contributed by atoms with van der Waals surface area (Å²) in [6.07, 6.45) is 1.66. The standard InChI is InChI=1S/C23H21ClN4O2S2/c1-14(2)22-27-28-20(25)19(21(29)26-23(28)32-22)13-15-4-3-5-17(12-15)30-10-11-31-18-8-6-16(24)7-9-18/h3-9,12-14,25H,10-11H2,1-2H3/b19-13-,25-20?. The highest BCUT2D eigenvalue weighted by molar-refractivity contribution is 8.27. The second kappa shape index (κ2) is 9.94. The summed E-state index contributed by atoms with van der Waals surface area (Å²) in [5, 5.41) is 16.3. The molecule has 0 aromatic heterocycles. The molecule has 1 N–H and O–H groups in total. The Labute approximate surface area is 200 Å². The molecule has 0 fully saturated rings. The van der Waals surface area contributed by atoms with Crippen molar-refractivity contribution >= 4 is 63.2 Å². The van der Waals surface area contributed by atoms with Crippen molar-refractivity contribution in [3.05, 3.63) is 64.7 Å². The van der Waals surface area contributed by atoms with E-state index in [1.54, 1.807) is 17.8 Å². The van der Waals surface area contributed by atoms with E-state index in [2.05, 4.69) is 10.1 Å². The van der Waals surface area contributed by atoms with E-state index in [1.807, 2.05) is 62.4 Å². The third kappa shape index (κ3) is 5.26. The maximum atomic E-state index is 12.5. The molecule has 0 radical (unpaired) electrons. The van der Waals surface area contributed by atoms with Crippen molar-refractivity contribution in [3.8, 4) is 5.75 Å². The molecule has 6 nitrogen and oxygen atoms in total. The summed E-state index contributed by atoms with van der Waals surface area (Å²) in [6, 6.07) is 15.2. The number of fused-ring (bicyclic) bond motifs is 1. The highest BCUT2D eigenvalue weighted by atomic mass is 35.5. The minimum Gasteiger partial charge on any atom is -0.493 e. The first-order valence-electron chi connectivity index (χ1n) is 10.0. The molecule has 0 unspecified atom stereocenters. The monoisotopic (exact) mass is 484 g/mol. The van der Waals surface area contributed by atoms with Gasteiger partial charge in [0.1, 0.15) is 10.8 Å². The number of benzene rings is 2. The second-order valence-corrected chi connectivity index (χ2v) is 9.93. The van der Waals surface area contributed by atoms with E-state index in [1.165, 1.54) is 16.8 Å². The zero-order valence-electron chi connectivity index (χ0n) is 17.5. The molecular formula is C23H21ClN4O2S2. The Morgan fingerprint density at radius 1 is 1.25 bits per heavy atom. The highest BCUT2D eigenvalue weighted by Gasteiger charge is 2.36. The molecule has 9 heteroatoms. The van der Waals surface area contributed by atoms with E-state index in [-0.39, 0.29) is 17.3 Å². The maximum Gasteiger partial charge on any atom is 0.283 e. The van der Waals surface area contributed by atoms with Gasteiger partial charge in [0.25, 0.3) is 5.91 Å².